The van der Waals surface area contributed by atoms with Crippen LogP contribution in [0.5, 0.6) is 0 Å². The van der Waals surface area contributed by atoms with Crippen LogP contribution in [0.2, 0.25) is 0 Å². The summed E-state index contributed by atoms with van der Waals surface area (Å²) in [6.07, 6.45) is 9.88. The Labute approximate surface area is 122 Å². The summed E-state index contributed by atoms with van der Waals surface area (Å²) in [5, 5.41) is 4.66. The van der Waals surface area contributed by atoms with E-state index >= 15 is 0 Å². The number of hydrogen-bond acceptors (Lipinski definition) is 4. The lowest BCUT2D eigenvalue weighted by atomic mass is 9.84. The predicted molar refractivity (Wildman–Crippen MR) is 79.0 cm³/mol. The van der Waals surface area contributed by atoms with Crippen molar-refractivity contribution in [2.75, 3.05) is 0 Å². The molecule has 110 valence electrons. The van der Waals surface area contributed by atoms with Crippen molar-refractivity contribution in [3.63, 3.8) is 0 Å². The van der Waals surface area contributed by atoms with E-state index in [9.17, 15) is 4.79 Å². The highest BCUT2D eigenvalue weighted by Crippen LogP contribution is 2.51. The zero-order valence-corrected chi connectivity index (χ0v) is 12.1. The summed E-state index contributed by atoms with van der Waals surface area (Å²) >= 11 is 0. The Morgan fingerprint density at radius 1 is 1.38 bits per heavy atom. The topological polar surface area (TPSA) is 91.1 Å². The first-order chi connectivity index (χ1) is 10.1. The van der Waals surface area contributed by atoms with Gasteiger partial charge in [-0.1, -0.05) is 19.3 Å². The first-order valence-corrected chi connectivity index (χ1v) is 7.57. The van der Waals surface area contributed by atoms with Crippen LogP contribution in [0.3, 0.4) is 0 Å². The van der Waals surface area contributed by atoms with Crippen molar-refractivity contribution in [2.24, 2.45) is 5.73 Å². The molecule has 2 fully saturated rings. The Morgan fingerprint density at radius 3 is 2.86 bits per heavy atom. The molecule has 0 radical (unpaired) electrons. The number of primary amides is 1. The second-order valence-corrected chi connectivity index (χ2v) is 6.32. The molecule has 1 atom stereocenters. The number of pyridine rings is 1. The van der Waals surface area contributed by atoms with Crippen molar-refractivity contribution in [3.8, 4) is 0 Å². The van der Waals surface area contributed by atoms with Gasteiger partial charge in [-0.3, -0.25) is 9.78 Å². The van der Waals surface area contributed by atoms with E-state index in [1.165, 1.54) is 32.1 Å². The molecule has 4 rings (SSSR count). The van der Waals surface area contributed by atoms with Crippen LogP contribution in [-0.2, 0) is 0 Å². The SMILES string of the molecule is Cc1c(C(N)=O)oc2cncc(C3NC34CCCCC4)c12. The van der Waals surface area contributed by atoms with Crippen LogP contribution in [0.25, 0.3) is 11.0 Å². The molecule has 0 bridgehead atoms. The summed E-state index contributed by atoms with van der Waals surface area (Å²) in [5.74, 6) is -0.275. The number of aryl methyl sites for hydroxylation is 1. The summed E-state index contributed by atoms with van der Waals surface area (Å²) in [5.41, 5.74) is 8.25. The Morgan fingerprint density at radius 2 is 2.14 bits per heavy atom. The monoisotopic (exact) mass is 285 g/mol. The molecule has 5 heteroatoms. The number of fused-ring (bicyclic) bond motifs is 1. The number of rotatable bonds is 2. The minimum absolute atomic E-state index is 0.241. The molecular weight excluding hydrogens is 266 g/mol. The maximum absolute atomic E-state index is 11.5. The van der Waals surface area contributed by atoms with Gasteiger partial charge in [0.2, 0.25) is 0 Å². The lowest BCUT2D eigenvalue weighted by Gasteiger charge is -2.20. The Balaban J connectivity index is 1.81. The first-order valence-electron chi connectivity index (χ1n) is 7.57. The van der Waals surface area contributed by atoms with Gasteiger partial charge in [0.15, 0.2) is 11.3 Å². The van der Waals surface area contributed by atoms with Gasteiger partial charge >= 0.3 is 0 Å². The molecule has 0 aromatic carbocycles. The number of hydrogen-bond donors (Lipinski definition) is 2. The van der Waals surface area contributed by atoms with E-state index in [1.54, 1.807) is 6.20 Å². The number of carbonyl (C=O) groups is 1. The average molecular weight is 285 g/mol. The van der Waals surface area contributed by atoms with E-state index in [0.717, 1.165) is 16.5 Å². The lowest BCUT2D eigenvalue weighted by molar-refractivity contribution is 0.0975. The molecule has 1 amide bonds. The van der Waals surface area contributed by atoms with Crippen LogP contribution in [0, 0.1) is 6.92 Å². The molecular formula is C16H19N3O2. The molecule has 5 nitrogen and oxygen atoms in total. The highest BCUT2D eigenvalue weighted by molar-refractivity contribution is 5.99. The number of amides is 1. The van der Waals surface area contributed by atoms with Crippen LogP contribution >= 0.6 is 0 Å². The standard InChI is InChI=1S/C16H19N3O2/c1-9-12-10(14-16(19-14)5-3-2-4-6-16)7-18-8-11(12)21-13(9)15(17)20/h7-8,14,19H,2-6H2,1H3,(H2,17,20). The number of nitrogens with two attached hydrogens (primary N) is 1. The summed E-state index contributed by atoms with van der Waals surface area (Å²) in [6.45, 7) is 1.89. The fraction of sp³-hybridized carbons (Fsp3) is 0.500. The van der Waals surface area contributed by atoms with Gasteiger partial charge in [-0.25, -0.2) is 0 Å². The van der Waals surface area contributed by atoms with Crippen molar-refractivity contribution in [3.05, 3.63) is 29.3 Å². The quantitative estimate of drug-likeness (QED) is 0.830. The molecule has 2 aromatic heterocycles. The molecule has 2 aliphatic rings. The van der Waals surface area contributed by atoms with Crippen molar-refractivity contribution < 1.29 is 9.21 Å². The summed E-state index contributed by atoms with van der Waals surface area (Å²) in [4.78, 5) is 15.8. The van der Waals surface area contributed by atoms with Gasteiger partial charge in [0, 0.05) is 28.2 Å². The Bertz CT molecular complexity index is 728. The van der Waals surface area contributed by atoms with Crippen LogP contribution < -0.4 is 11.1 Å². The summed E-state index contributed by atoms with van der Waals surface area (Å²) < 4.78 is 5.59. The highest BCUT2D eigenvalue weighted by atomic mass is 16.3. The molecule has 3 heterocycles. The molecule has 1 unspecified atom stereocenters. The van der Waals surface area contributed by atoms with E-state index in [-0.39, 0.29) is 11.3 Å². The Kier molecular flexibility index (Phi) is 2.63. The van der Waals surface area contributed by atoms with Gasteiger partial charge in [0.1, 0.15) is 0 Å². The van der Waals surface area contributed by atoms with Crippen LogP contribution in [0.15, 0.2) is 16.8 Å². The molecule has 1 aliphatic carbocycles. The van der Waals surface area contributed by atoms with Gasteiger partial charge in [-0.15, -0.1) is 0 Å². The fourth-order valence-electron chi connectivity index (χ4n) is 3.93. The maximum Gasteiger partial charge on any atom is 0.284 e. The average Bonchev–Trinajstić information content (AvgIpc) is 3.04. The Hall–Kier alpha value is -1.88. The predicted octanol–water partition coefficient (Wildman–Crippen LogP) is 2.58. The third-order valence-electron chi connectivity index (χ3n) is 5.05. The van der Waals surface area contributed by atoms with E-state index in [1.807, 2.05) is 13.1 Å². The molecule has 1 spiro atoms. The molecule has 1 saturated carbocycles. The second kappa shape index (κ2) is 4.31. The van der Waals surface area contributed by atoms with Gasteiger partial charge in [-0.05, 0) is 19.8 Å². The van der Waals surface area contributed by atoms with Crippen LogP contribution in [0.4, 0.5) is 0 Å². The minimum Gasteiger partial charge on any atom is -0.449 e. The van der Waals surface area contributed by atoms with Gasteiger partial charge < -0.3 is 15.5 Å². The maximum atomic E-state index is 11.5. The third kappa shape index (κ3) is 1.80. The van der Waals surface area contributed by atoms with Gasteiger partial charge in [0.05, 0.1) is 12.2 Å². The third-order valence-corrected chi connectivity index (χ3v) is 5.05. The second-order valence-electron chi connectivity index (χ2n) is 6.32. The number of carbonyl (C=O) groups excluding carboxylic acids is 1. The molecule has 3 N–H and O–H groups in total. The lowest BCUT2D eigenvalue weighted by Crippen LogP contribution is -2.19. The number of nitrogens with one attached hydrogen (secondary N) is 1. The normalized spacial score (nSPS) is 23.6. The smallest absolute Gasteiger partial charge is 0.284 e. The fourth-order valence-corrected chi connectivity index (χ4v) is 3.93. The minimum atomic E-state index is -0.522. The molecule has 21 heavy (non-hydrogen) atoms. The largest absolute Gasteiger partial charge is 0.449 e. The summed E-state index contributed by atoms with van der Waals surface area (Å²) in [6, 6.07) is 0.325. The van der Waals surface area contributed by atoms with E-state index < -0.39 is 5.91 Å². The zero-order chi connectivity index (χ0) is 14.6. The number of furan rings is 1. The van der Waals surface area contributed by atoms with Crippen molar-refractivity contribution in [2.45, 2.75) is 50.6 Å². The molecule has 1 saturated heterocycles. The molecule has 1 aliphatic heterocycles. The van der Waals surface area contributed by atoms with Crippen LogP contribution in [0.1, 0.15) is 59.8 Å². The van der Waals surface area contributed by atoms with Crippen LogP contribution in [-0.4, -0.2) is 16.4 Å². The summed E-state index contributed by atoms with van der Waals surface area (Å²) in [7, 11) is 0. The number of aromatic nitrogens is 1. The van der Waals surface area contributed by atoms with E-state index in [0.29, 0.717) is 11.6 Å². The van der Waals surface area contributed by atoms with E-state index in [2.05, 4.69) is 10.3 Å². The molecule has 2 aromatic rings. The number of nitrogens with zero attached hydrogens (tertiary/aromatic N) is 1. The van der Waals surface area contributed by atoms with Gasteiger partial charge in [-0.2, -0.15) is 0 Å². The van der Waals surface area contributed by atoms with Crippen molar-refractivity contribution >= 4 is 16.9 Å². The highest BCUT2D eigenvalue weighted by Gasteiger charge is 2.54. The van der Waals surface area contributed by atoms with Crippen molar-refractivity contribution in [1.29, 1.82) is 0 Å². The zero-order valence-electron chi connectivity index (χ0n) is 12.1. The van der Waals surface area contributed by atoms with Gasteiger partial charge in [0.25, 0.3) is 5.91 Å². The van der Waals surface area contributed by atoms with Crippen molar-refractivity contribution in [1.82, 2.24) is 10.3 Å². The first kappa shape index (κ1) is 12.8. The van der Waals surface area contributed by atoms with E-state index in [4.69, 9.17) is 10.2 Å².